The highest BCUT2D eigenvalue weighted by atomic mass is 31.2. The monoisotopic (exact) mass is 1310 g/mol. The maximum atomic E-state index is 3.38. The first-order chi connectivity index (χ1) is 43.5. The minimum atomic E-state index is -1.87. The smallest absolute Gasteiger partial charge is 0.0867 e. The van der Waals surface area contributed by atoms with Crippen molar-refractivity contribution in [3.8, 4) is 0 Å². The lowest BCUT2D eigenvalue weighted by atomic mass is 9.89. The number of hydrogen-bond acceptors (Lipinski definition) is 1. The minimum Gasteiger partial charge on any atom is -0.241 e. The van der Waals surface area contributed by atoms with Crippen molar-refractivity contribution < 1.29 is 0 Å². The molecule has 0 saturated carbocycles. The molecule has 0 heterocycles. The molecule has 1 nitrogen and oxygen atoms in total. The van der Waals surface area contributed by atoms with Crippen LogP contribution in [0.3, 0.4) is 0 Å². The zero-order chi connectivity index (χ0) is 63.8. The molecule has 6 rings (SSSR count). The Hall–Kier alpha value is -2.21. The lowest BCUT2D eigenvalue weighted by molar-refractivity contribution is 0.440. The number of rotatable bonds is 47. The van der Waals surface area contributed by atoms with Crippen LogP contribution >= 0.6 is 16.1 Å². The molecule has 0 saturated heterocycles. The van der Waals surface area contributed by atoms with Crippen LogP contribution in [-0.2, 0) is 12.8 Å². The van der Waals surface area contributed by atoms with E-state index in [0.29, 0.717) is 6.04 Å². The SMILES string of the molecule is CCCC[Si](CCCC)(CCCC)c1ccc(P(c2ccc([Si](CCCC)(CCCC)CCCC)cc2)N(C2CCc3ccccc3C2)P(c2cccc([Si](CCCC)(CCCC)CCCC)c2)c2cccc([Si](CCCC)(CCCC)CCCC)c2)cc1. The third-order valence-corrected chi connectivity index (χ3v) is 49.6. The summed E-state index contributed by atoms with van der Waals surface area (Å²) < 4.78 is 3.38. The fraction of sp³-hybridized carbons (Fsp3) is 0.634. The molecule has 0 N–H and O–H groups in total. The summed E-state index contributed by atoms with van der Waals surface area (Å²) in [4.78, 5) is 0. The van der Waals surface area contributed by atoms with E-state index >= 15 is 0 Å². The van der Waals surface area contributed by atoms with Crippen LogP contribution in [-0.4, -0.2) is 42.8 Å². The van der Waals surface area contributed by atoms with E-state index < -0.39 is 48.4 Å². The van der Waals surface area contributed by atoms with Gasteiger partial charge in [0.05, 0.1) is 32.3 Å². The number of hydrogen-bond donors (Lipinski definition) is 0. The second-order valence-corrected chi connectivity index (χ2v) is 51.7. The van der Waals surface area contributed by atoms with Gasteiger partial charge in [0.1, 0.15) is 0 Å². The molecule has 1 aliphatic rings. The Morgan fingerprint density at radius 3 is 0.854 bits per heavy atom. The fourth-order valence-electron chi connectivity index (χ4n) is 16.3. The zero-order valence-electron chi connectivity index (χ0n) is 60.0. The number of benzene rings is 5. The van der Waals surface area contributed by atoms with Gasteiger partial charge in [0, 0.05) is 22.2 Å². The zero-order valence-corrected chi connectivity index (χ0v) is 65.8. The molecular weight excluding hydrogens is 1170 g/mol. The molecule has 0 aromatic heterocycles. The Bertz CT molecular complexity index is 2450. The third kappa shape index (κ3) is 20.9. The van der Waals surface area contributed by atoms with Crippen molar-refractivity contribution in [2.75, 3.05) is 0 Å². The van der Waals surface area contributed by atoms with Gasteiger partial charge in [-0.25, -0.2) is 4.44 Å². The van der Waals surface area contributed by atoms with Gasteiger partial charge in [0.2, 0.25) is 0 Å². The quantitative estimate of drug-likeness (QED) is 0.0277. The highest BCUT2D eigenvalue weighted by molar-refractivity contribution is 7.84. The van der Waals surface area contributed by atoms with Gasteiger partial charge in [-0.3, -0.25) is 0 Å². The number of nitrogens with zero attached hydrogens (tertiary/aromatic N) is 1. The average Bonchev–Trinajstić information content (AvgIpc) is 2.95. The Morgan fingerprint density at radius 2 is 0.562 bits per heavy atom. The van der Waals surface area contributed by atoms with E-state index in [-0.39, 0.29) is 0 Å². The molecule has 0 radical (unpaired) electrons. The van der Waals surface area contributed by atoms with Crippen LogP contribution in [0.15, 0.2) is 121 Å². The van der Waals surface area contributed by atoms with E-state index in [4.69, 9.17) is 0 Å². The van der Waals surface area contributed by atoms with Crippen LogP contribution in [0.1, 0.15) is 255 Å². The summed E-state index contributed by atoms with van der Waals surface area (Å²) in [7, 11) is -9.25. The lowest BCUT2D eigenvalue weighted by Crippen LogP contribution is -2.50. The molecule has 89 heavy (non-hydrogen) atoms. The highest BCUT2D eigenvalue weighted by Crippen LogP contribution is 2.58. The molecule has 5 aromatic carbocycles. The summed E-state index contributed by atoms with van der Waals surface area (Å²) in [5.41, 5.74) is 3.19. The van der Waals surface area contributed by atoms with Gasteiger partial charge in [0.25, 0.3) is 0 Å². The second-order valence-electron chi connectivity index (χ2n) is 28.7. The van der Waals surface area contributed by atoms with Crippen LogP contribution < -0.4 is 42.0 Å². The van der Waals surface area contributed by atoms with Gasteiger partial charge < -0.3 is 0 Å². The molecule has 1 aliphatic carbocycles. The van der Waals surface area contributed by atoms with E-state index in [9.17, 15) is 0 Å². The summed E-state index contributed by atoms with van der Waals surface area (Å²) in [5, 5.41) is 13.6. The van der Waals surface area contributed by atoms with Gasteiger partial charge in [0.15, 0.2) is 0 Å². The lowest BCUT2D eigenvalue weighted by Gasteiger charge is -2.46. The first-order valence-electron chi connectivity index (χ1n) is 38.4. The summed E-state index contributed by atoms with van der Waals surface area (Å²) in [6.45, 7) is 29.4. The average molecular weight is 1310 g/mol. The van der Waals surface area contributed by atoms with Gasteiger partial charge in [-0.2, -0.15) is 0 Å². The number of fused-ring (bicyclic) bond motifs is 1. The Kier molecular flexibility index (Phi) is 34.8. The van der Waals surface area contributed by atoms with E-state index in [1.807, 2.05) is 0 Å². The van der Waals surface area contributed by atoms with Gasteiger partial charge in [-0.15, -0.1) is 0 Å². The van der Waals surface area contributed by atoms with Crippen molar-refractivity contribution >= 4 is 90.4 Å². The molecule has 0 spiro atoms. The Balaban J connectivity index is 1.80. The van der Waals surface area contributed by atoms with Crippen molar-refractivity contribution in [1.82, 2.24) is 4.44 Å². The summed E-state index contributed by atoms with van der Waals surface area (Å²) in [5.74, 6) is 0. The summed E-state index contributed by atoms with van der Waals surface area (Å²) in [6, 6.07) is 71.6. The van der Waals surface area contributed by atoms with E-state index in [1.54, 1.807) is 53.1 Å². The molecule has 0 fully saturated rings. The summed E-state index contributed by atoms with van der Waals surface area (Å²) in [6.07, 6.45) is 35.5. The summed E-state index contributed by atoms with van der Waals surface area (Å²) >= 11 is 0. The maximum absolute atomic E-state index is 3.38. The molecule has 0 aliphatic heterocycles. The normalized spacial score (nSPS) is 14.2. The standard InChI is InChI=1S/C82H135NP2Si4/c1-13-25-57-86(58-26-14-2,59-27-15-3)79-53-49-75(50-54-79)84(76-51-55-80(56-52-76)87(60-28-16-4,61-29-17-5)62-30-18-6)83(74-48-47-72-41-37-38-42-73(72)69-74)85(77-43-39-45-81(70-77)88(63-31-19-7,64-32-20-8)65-33-21-9)78-44-40-46-82(71-78)89(66-34-22-10,67-35-23-11)68-36-24-12/h37-46,49-56,70-71,74H,13-36,47-48,57-69H2,1-12H3. The van der Waals surface area contributed by atoms with E-state index in [2.05, 4.69) is 209 Å². The van der Waals surface area contributed by atoms with Crippen LogP contribution in [0.4, 0.5) is 0 Å². The molecular formula is C82H135NP2Si4. The molecule has 1 unspecified atom stereocenters. The molecule has 5 aromatic rings. The topological polar surface area (TPSA) is 3.24 Å². The van der Waals surface area contributed by atoms with Gasteiger partial charge in [-0.05, 0) is 51.6 Å². The van der Waals surface area contributed by atoms with Crippen molar-refractivity contribution in [3.05, 3.63) is 132 Å². The highest BCUT2D eigenvalue weighted by Gasteiger charge is 2.43. The fourth-order valence-corrected chi connectivity index (χ4v) is 45.4. The predicted molar refractivity (Wildman–Crippen MR) is 420 cm³/mol. The molecule has 7 heteroatoms. The first-order valence-corrected chi connectivity index (χ1v) is 51.5. The van der Waals surface area contributed by atoms with Gasteiger partial charge in [-0.1, -0.05) is 452 Å². The van der Waals surface area contributed by atoms with Crippen molar-refractivity contribution in [1.29, 1.82) is 0 Å². The third-order valence-electron chi connectivity index (χ3n) is 22.0. The second kappa shape index (κ2) is 40.9. The van der Waals surface area contributed by atoms with Crippen molar-refractivity contribution in [2.24, 2.45) is 0 Å². The van der Waals surface area contributed by atoms with Crippen LogP contribution in [0.25, 0.3) is 0 Å². The largest absolute Gasteiger partial charge is 0.241 e. The van der Waals surface area contributed by atoms with Crippen LogP contribution in [0.2, 0.25) is 72.5 Å². The van der Waals surface area contributed by atoms with Gasteiger partial charge >= 0.3 is 0 Å². The molecule has 0 bridgehead atoms. The van der Waals surface area contributed by atoms with Crippen LogP contribution in [0, 0.1) is 0 Å². The molecule has 494 valence electrons. The van der Waals surface area contributed by atoms with E-state index in [1.165, 1.54) is 233 Å². The predicted octanol–water partition coefficient (Wildman–Crippen LogP) is 23.2. The first kappa shape index (κ1) is 75.8. The number of aryl methyl sites for hydroxylation is 1. The van der Waals surface area contributed by atoms with Crippen molar-refractivity contribution in [2.45, 2.75) is 335 Å². The maximum Gasteiger partial charge on any atom is 0.0867 e. The molecule has 1 atom stereocenters. The Labute approximate surface area is 558 Å². The number of unbranched alkanes of at least 4 members (excludes halogenated alkanes) is 12. The van der Waals surface area contributed by atoms with Crippen LogP contribution in [0.5, 0.6) is 0 Å². The Morgan fingerprint density at radius 1 is 0.292 bits per heavy atom. The molecule has 0 amide bonds. The minimum absolute atomic E-state index is 0.401. The van der Waals surface area contributed by atoms with E-state index in [0.717, 1.165) is 12.8 Å². The van der Waals surface area contributed by atoms with Crippen molar-refractivity contribution in [3.63, 3.8) is 0 Å².